The first-order chi connectivity index (χ1) is 6.39. The number of hydrogen-bond donors (Lipinski definition) is 1. The molecule has 0 bridgehead atoms. The molecule has 1 aliphatic rings. The van der Waals surface area contributed by atoms with E-state index in [0.717, 1.165) is 12.8 Å². The van der Waals surface area contributed by atoms with Gasteiger partial charge in [0, 0.05) is 6.04 Å². The van der Waals surface area contributed by atoms with Crippen molar-refractivity contribution in [3.05, 3.63) is 0 Å². The quantitative estimate of drug-likeness (QED) is 0.830. The first-order valence-corrected chi connectivity index (χ1v) is 6.45. The zero-order valence-electron chi connectivity index (χ0n) is 8.23. The third kappa shape index (κ3) is 5.63. The second kappa shape index (κ2) is 5.96. The topological polar surface area (TPSA) is 60.2 Å². The zero-order chi connectivity index (χ0) is 10.8. The summed E-state index contributed by atoms with van der Waals surface area (Å²) < 4.78 is 46.1. The van der Waals surface area contributed by atoms with E-state index >= 15 is 0 Å². The highest BCUT2D eigenvalue weighted by molar-refractivity contribution is 7.91. The van der Waals surface area contributed by atoms with Crippen LogP contribution in [0.3, 0.4) is 0 Å². The van der Waals surface area contributed by atoms with E-state index < -0.39 is 22.0 Å². The number of sulfone groups is 1. The molecule has 7 heteroatoms. The van der Waals surface area contributed by atoms with E-state index in [2.05, 4.69) is 0 Å². The van der Waals surface area contributed by atoms with Gasteiger partial charge in [0.2, 0.25) is 0 Å². The van der Waals surface area contributed by atoms with Crippen LogP contribution in [0, 0.1) is 5.92 Å². The predicted molar refractivity (Wildman–Crippen MR) is 57.2 cm³/mol. The molecule has 1 rings (SSSR count). The summed E-state index contributed by atoms with van der Waals surface area (Å²) in [5.41, 5.74) is 5.60. The highest BCUT2D eigenvalue weighted by atomic mass is 35.5. The molecule has 0 unspecified atom stereocenters. The standard InChI is InChI=1S/C8H15F2NO2S.ClH/c9-8(10)5-14(12,13)4-6-1-2-7(11)3-6;/h6-8H,1-5,11H2;1H/t6-,7+;/m0./s1. The van der Waals surface area contributed by atoms with Crippen molar-refractivity contribution in [3.8, 4) is 0 Å². The highest BCUT2D eigenvalue weighted by Gasteiger charge is 2.28. The van der Waals surface area contributed by atoms with Gasteiger partial charge >= 0.3 is 0 Å². The van der Waals surface area contributed by atoms with Gasteiger partial charge in [-0.05, 0) is 25.2 Å². The molecule has 1 fully saturated rings. The van der Waals surface area contributed by atoms with E-state index in [1.54, 1.807) is 0 Å². The van der Waals surface area contributed by atoms with Gasteiger partial charge in [0.15, 0.2) is 9.84 Å². The van der Waals surface area contributed by atoms with Crippen molar-refractivity contribution in [3.63, 3.8) is 0 Å². The van der Waals surface area contributed by atoms with Crippen LogP contribution in [0.15, 0.2) is 0 Å². The Morgan fingerprint density at radius 3 is 2.33 bits per heavy atom. The van der Waals surface area contributed by atoms with Crippen LogP contribution < -0.4 is 5.73 Å². The molecular weight excluding hydrogens is 248 g/mol. The summed E-state index contributed by atoms with van der Waals surface area (Å²) in [6, 6.07) is 0.0433. The Bertz CT molecular complexity index is 284. The summed E-state index contributed by atoms with van der Waals surface area (Å²) in [4.78, 5) is 0. The van der Waals surface area contributed by atoms with Gasteiger partial charge in [-0.2, -0.15) is 0 Å². The molecule has 0 aromatic rings. The minimum Gasteiger partial charge on any atom is -0.328 e. The third-order valence-electron chi connectivity index (χ3n) is 2.45. The van der Waals surface area contributed by atoms with Crippen molar-refractivity contribution in [2.45, 2.75) is 31.7 Å². The lowest BCUT2D eigenvalue weighted by atomic mass is 10.1. The molecule has 1 saturated carbocycles. The number of nitrogens with two attached hydrogens (primary N) is 1. The molecule has 0 aromatic heterocycles. The normalized spacial score (nSPS) is 26.7. The van der Waals surface area contributed by atoms with E-state index in [1.807, 2.05) is 0 Å². The van der Waals surface area contributed by atoms with Gasteiger partial charge in [-0.25, -0.2) is 17.2 Å². The fourth-order valence-electron chi connectivity index (χ4n) is 1.88. The van der Waals surface area contributed by atoms with E-state index in [0.29, 0.717) is 6.42 Å². The Hall–Kier alpha value is 0.0600. The minimum atomic E-state index is -3.59. The van der Waals surface area contributed by atoms with Crippen LogP contribution in [0.25, 0.3) is 0 Å². The Labute approximate surface area is 94.7 Å². The van der Waals surface area contributed by atoms with Crippen LogP contribution in [0.4, 0.5) is 8.78 Å². The smallest absolute Gasteiger partial charge is 0.252 e. The fourth-order valence-corrected chi connectivity index (χ4v) is 3.43. The average Bonchev–Trinajstić information content (AvgIpc) is 2.30. The Morgan fingerprint density at radius 2 is 1.93 bits per heavy atom. The lowest BCUT2D eigenvalue weighted by Gasteiger charge is -2.09. The molecule has 0 aliphatic heterocycles. The van der Waals surface area contributed by atoms with Crippen molar-refractivity contribution in [2.75, 3.05) is 11.5 Å². The summed E-state index contributed by atoms with van der Waals surface area (Å²) in [7, 11) is -3.59. The van der Waals surface area contributed by atoms with Crippen LogP contribution in [-0.2, 0) is 9.84 Å². The van der Waals surface area contributed by atoms with Crippen molar-refractivity contribution in [1.29, 1.82) is 0 Å². The van der Waals surface area contributed by atoms with Crippen LogP contribution in [0.1, 0.15) is 19.3 Å². The maximum Gasteiger partial charge on any atom is 0.252 e. The number of rotatable bonds is 4. The second-order valence-corrected chi connectivity index (χ2v) is 6.06. The van der Waals surface area contributed by atoms with Gasteiger partial charge in [0.1, 0.15) is 5.75 Å². The van der Waals surface area contributed by atoms with Crippen molar-refractivity contribution in [1.82, 2.24) is 0 Å². The van der Waals surface area contributed by atoms with Crippen molar-refractivity contribution in [2.24, 2.45) is 11.7 Å². The highest BCUT2D eigenvalue weighted by Crippen LogP contribution is 2.25. The summed E-state index contributed by atoms with van der Waals surface area (Å²) in [5, 5.41) is 0. The SMILES string of the molecule is Cl.N[C@@H]1CC[C@H](CS(=O)(=O)CC(F)F)C1. The molecule has 0 amide bonds. The Kier molecular flexibility index (Phi) is 5.98. The fraction of sp³-hybridized carbons (Fsp3) is 1.00. The van der Waals surface area contributed by atoms with E-state index in [-0.39, 0.29) is 30.1 Å². The maximum absolute atomic E-state index is 11.9. The number of hydrogen-bond acceptors (Lipinski definition) is 3. The molecule has 2 N–H and O–H groups in total. The molecule has 92 valence electrons. The van der Waals surface area contributed by atoms with Crippen LogP contribution >= 0.6 is 12.4 Å². The summed E-state index contributed by atoms with van der Waals surface area (Å²) in [6.45, 7) is 0. The van der Waals surface area contributed by atoms with Gasteiger partial charge in [-0.3, -0.25) is 0 Å². The molecular formula is C8H16ClF2NO2S. The molecule has 0 heterocycles. The molecule has 1 aliphatic carbocycles. The molecule has 3 nitrogen and oxygen atoms in total. The van der Waals surface area contributed by atoms with Gasteiger partial charge in [-0.1, -0.05) is 0 Å². The third-order valence-corrected chi connectivity index (χ3v) is 4.19. The summed E-state index contributed by atoms with van der Waals surface area (Å²) >= 11 is 0. The van der Waals surface area contributed by atoms with Crippen LogP contribution in [0.2, 0.25) is 0 Å². The van der Waals surface area contributed by atoms with Crippen molar-refractivity contribution >= 4 is 22.2 Å². The Morgan fingerprint density at radius 1 is 1.33 bits per heavy atom. The number of alkyl halides is 2. The second-order valence-electron chi connectivity index (χ2n) is 3.91. The molecule has 0 radical (unpaired) electrons. The average molecular weight is 264 g/mol. The van der Waals surface area contributed by atoms with E-state index in [9.17, 15) is 17.2 Å². The van der Waals surface area contributed by atoms with Gasteiger partial charge in [-0.15, -0.1) is 12.4 Å². The van der Waals surface area contributed by atoms with Gasteiger partial charge in [0.05, 0.1) is 5.75 Å². The Balaban J connectivity index is 0.00000196. The van der Waals surface area contributed by atoms with E-state index in [4.69, 9.17) is 5.73 Å². The molecule has 15 heavy (non-hydrogen) atoms. The lowest BCUT2D eigenvalue weighted by molar-refractivity contribution is 0.174. The summed E-state index contributed by atoms with van der Waals surface area (Å²) in [5.74, 6) is -1.17. The van der Waals surface area contributed by atoms with Crippen LogP contribution in [-0.4, -0.2) is 32.4 Å². The van der Waals surface area contributed by atoms with Gasteiger partial charge < -0.3 is 5.73 Å². The summed E-state index contributed by atoms with van der Waals surface area (Å²) in [6.07, 6.45) is -0.587. The lowest BCUT2D eigenvalue weighted by Crippen LogP contribution is -2.22. The molecule has 0 spiro atoms. The van der Waals surface area contributed by atoms with Crippen LogP contribution in [0.5, 0.6) is 0 Å². The van der Waals surface area contributed by atoms with E-state index in [1.165, 1.54) is 0 Å². The first-order valence-electron chi connectivity index (χ1n) is 4.63. The van der Waals surface area contributed by atoms with Gasteiger partial charge in [0.25, 0.3) is 6.43 Å². The number of halogens is 3. The largest absolute Gasteiger partial charge is 0.328 e. The predicted octanol–water partition coefficient (Wildman–Crippen LogP) is 1.22. The maximum atomic E-state index is 11.9. The monoisotopic (exact) mass is 263 g/mol. The zero-order valence-corrected chi connectivity index (χ0v) is 9.87. The molecule has 0 saturated heterocycles. The molecule has 2 atom stereocenters. The van der Waals surface area contributed by atoms with Crippen molar-refractivity contribution < 1.29 is 17.2 Å². The molecule has 0 aromatic carbocycles. The minimum absolute atomic E-state index is 0. The first kappa shape index (κ1) is 15.1.